The Labute approximate surface area is 175 Å². The van der Waals surface area contributed by atoms with Crippen LogP contribution < -0.4 is 24.3 Å². The van der Waals surface area contributed by atoms with Crippen molar-refractivity contribution in [2.75, 3.05) is 13.9 Å². The Morgan fingerprint density at radius 3 is 2.59 bits per heavy atom. The van der Waals surface area contributed by atoms with Crippen LogP contribution in [0.3, 0.4) is 0 Å². The summed E-state index contributed by atoms with van der Waals surface area (Å²) in [5.74, 6) is 2.87. The van der Waals surface area contributed by atoms with Crippen molar-refractivity contribution in [3.05, 3.63) is 82.4 Å². The van der Waals surface area contributed by atoms with Crippen LogP contribution in [-0.4, -0.2) is 13.9 Å². The molecule has 0 radical (unpaired) electrons. The zero-order valence-corrected chi connectivity index (χ0v) is 16.9. The minimum atomic E-state index is 0.274. The van der Waals surface area contributed by atoms with Gasteiger partial charge < -0.3 is 24.3 Å². The van der Waals surface area contributed by atoms with E-state index in [9.17, 15) is 0 Å². The van der Waals surface area contributed by atoms with Crippen molar-refractivity contribution in [1.29, 1.82) is 0 Å². The van der Waals surface area contributed by atoms with Crippen LogP contribution in [0, 0.1) is 0 Å². The smallest absolute Gasteiger partial charge is 0.231 e. The molecule has 3 aromatic rings. The molecule has 0 aliphatic carbocycles. The van der Waals surface area contributed by atoms with Gasteiger partial charge in [-0.25, -0.2) is 0 Å². The molecule has 1 aliphatic heterocycles. The summed E-state index contributed by atoms with van der Waals surface area (Å²) in [6, 6.07) is 19.6. The normalized spacial score (nSPS) is 12.1. The Morgan fingerprint density at radius 1 is 0.931 bits per heavy atom. The zero-order valence-electron chi connectivity index (χ0n) is 16.1. The van der Waals surface area contributed by atoms with Crippen LogP contribution >= 0.6 is 11.6 Å². The van der Waals surface area contributed by atoms with Gasteiger partial charge in [-0.15, -0.1) is 0 Å². The first-order valence-corrected chi connectivity index (χ1v) is 9.73. The van der Waals surface area contributed by atoms with Gasteiger partial charge in [-0.3, -0.25) is 0 Å². The highest BCUT2D eigenvalue weighted by Gasteiger charge is 2.15. The van der Waals surface area contributed by atoms with E-state index in [0.29, 0.717) is 36.2 Å². The highest BCUT2D eigenvalue weighted by molar-refractivity contribution is 6.30. The van der Waals surface area contributed by atoms with Crippen LogP contribution in [0.2, 0.25) is 5.02 Å². The quantitative estimate of drug-likeness (QED) is 0.568. The van der Waals surface area contributed by atoms with Gasteiger partial charge in [0.25, 0.3) is 0 Å². The molecule has 0 atom stereocenters. The molecule has 4 rings (SSSR count). The van der Waals surface area contributed by atoms with Gasteiger partial charge in [0, 0.05) is 29.7 Å². The first kappa shape index (κ1) is 19.4. The molecule has 0 aromatic heterocycles. The van der Waals surface area contributed by atoms with Crippen molar-refractivity contribution in [2.45, 2.75) is 19.7 Å². The summed E-state index contributed by atoms with van der Waals surface area (Å²) < 4.78 is 22.4. The topological polar surface area (TPSA) is 49.0 Å². The molecule has 0 saturated carbocycles. The molecule has 0 unspecified atom stereocenters. The van der Waals surface area contributed by atoms with Gasteiger partial charge in [0.1, 0.15) is 6.61 Å². The van der Waals surface area contributed by atoms with E-state index in [1.807, 2.05) is 54.6 Å². The van der Waals surface area contributed by atoms with Crippen molar-refractivity contribution in [3.8, 4) is 23.0 Å². The fourth-order valence-electron chi connectivity index (χ4n) is 3.19. The summed E-state index contributed by atoms with van der Waals surface area (Å²) in [6.45, 7) is 1.98. The number of rotatable bonds is 8. The van der Waals surface area contributed by atoms with Crippen molar-refractivity contribution in [3.63, 3.8) is 0 Å². The van der Waals surface area contributed by atoms with E-state index in [0.717, 1.165) is 28.2 Å². The fourth-order valence-corrected chi connectivity index (χ4v) is 3.42. The third kappa shape index (κ3) is 4.75. The second kappa shape index (κ2) is 9.07. The first-order chi connectivity index (χ1) is 14.2. The van der Waals surface area contributed by atoms with Crippen LogP contribution in [0.4, 0.5) is 0 Å². The molecule has 6 heteroatoms. The maximum absolute atomic E-state index is 6.28. The maximum Gasteiger partial charge on any atom is 0.231 e. The highest BCUT2D eigenvalue weighted by Crippen LogP contribution is 2.36. The van der Waals surface area contributed by atoms with E-state index in [4.69, 9.17) is 30.5 Å². The highest BCUT2D eigenvalue weighted by atomic mass is 35.5. The van der Waals surface area contributed by atoms with Crippen molar-refractivity contribution in [2.24, 2.45) is 0 Å². The third-order valence-electron chi connectivity index (χ3n) is 4.62. The standard InChI is InChI=1S/C23H22ClNO4/c1-26-22-11-19(24)10-18(23(22)27-14-16-5-3-2-4-6-16)13-25-12-17-7-8-20-21(9-17)29-15-28-20/h2-11,25H,12-15H2,1H3. The Hall–Kier alpha value is -2.89. The second-order valence-electron chi connectivity index (χ2n) is 6.66. The number of ether oxygens (including phenoxy) is 4. The number of methoxy groups -OCH3 is 1. The summed E-state index contributed by atoms with van der Waals surface area (Å²) in [4.78, 5) is 0. The van der Waals surface area contributed by atoms with E-state index in [1.54, 1.807) is 13.2 Å². The number of benzene rings is 3. The summed E-state index contributed by atoms with van der Waals surface area (Å²) in [5, 5.41) is 4.04. The van der Waals surface area contributed by atoms with Gasteiger partial charge in [-0.05, 0) is 29.3 Å². The lowest BCUT2D eigenvalue weighted by molar-refractivity contribution is 0.174. The maximum atomic E-state index is 6.28. The number of nitrogens with one attached hydrogen (secondary N) is 1. The average molecular weight is 412 g/mol. The molecule has 0 spiro atoms. The van der Waals surface area contributed by atoms with Gasteiger partial charge in [-0.1, -0.05) is 48.0 Å². The summed E-state index contributed by atoms with van der Waals surface area (Å²) in [5.41, 5.74) is 3.13. The van der Waals surface area contributed by atoms with Crippen LogP contribution in [-0.2, 0) is 19.7 Å². The van der Waals surface area contributed by atoms with Crippen LogP contribution in [0.25, 0.3) is 0 Å². The minimum Gasteiger partial charge on any atom is -0.493 e. The van der Waals surface area contributed by atoms with Gasteiger partial charge in [-0.2, -0.15) is 0 Å². The minimum absolute atomic E-state index is 0.274. The molecule has 29 heavy (non-hydrogen) atoms. The van der Waals surface area contributed by atoms with Crippen molar-refractivity contribution >= 4 is 11.6 Å². The Balaban J connectivity index is 1.46. The number of fused-ring (bicyclic) bond motifs is 1. The summed E-state index contributed by atoms with van der Waals surface area (Å²) in [6.07, 6.45) is 0. The van der Waals surface area contributed by atoms with Gasteiger partial charge in [0.05, 0.1) is 7.11 Å². The van der Waals surface area contributed by atoms with Crippen LogP contribution in [0.5, 0.6) is 23.0 Å². The Kier molecular flexibility index (Phi) is 6.08. The molecule has 5 nitrogen and oxygen atoms in total. The Bertz CT molecular complexity index is 978. The summed E-state index contributed by atoms with van der Waals surface area (Å²) in [7, 11) is 1.62. The lowest BCUT2D eigenvalue weighted by Crippen LogP contribution is -2.14. The van der Waals surface area contributed by atoms with E-state index in [2.05, 4.69) is 5.32 Å². The number of hydrogen-bond donors (Lipinski definition) is 1. The SMILES string of the molecule is COc1cc(Cl)cc(CNCc2ccc3c(c2)OCO3)c1OCc1ccccc1. The van der Waals surface area contributed by atoms with Gasteiger partial charge >= 0.3 is 0 Å². The van der Waals surface area contributed by atoms with Crippen LogP contribution in [0.1, 0.15) is 16.7 Å². The molecule has 0 saturated heterocycles. The third-order valence-corrected chi connectivity index (χ3v) is 4.84. The van der Waals surface area contributed by atoms with E-state index >= 15 is 0 Å². The second-order valence-corrected chi connectivity index (χ2v) is 7.10. The molecule has 1 heterocycles. The fraction of sp³-hybridized carbons (Fsp3) is 0.217. The van der Waals surface area contributed by atoms with E-state index in [-0.39, 0.29) is 6.79 Å². The lowest BCUT2D eigenvalue weighted by atomic mass is 10.1. The Morgan fingerprint density at radius 2 is 1.76 bits per heavy atom. The predicted octanol–water partition coefficient (Wildman–Crippen LogP) is 4.95. The molecule has 0 amide bonds. The molecule has 1 aliphatic rings. The summed E-state index contributed by atoms with van der Waals surface area (Å²) >= 11 is 6.28. The van der Waals surface area contributed by atoms with E-state index in [1.165, 1.54) is 0 Å². The van der Waals surface area contributed by atoms with E-state index < -0.39 is 0 Å². The monoisotopic (exact) mass is 411 g/mol. The van der Waals surface area contributed by atoms with Crippen molar-refractivity contribution < 1.29 is 18.9 Å². The predicted molar refractivity (Wildman–Crippen MR) is 112 cm³/mol. The molecule has 0 fully saturated rings. The molecule has 0 bridgehead atoms. The molecular formula is C23H22ClNO4. The van der Waals surface area contributed by atoms with Crippen molar-refractivity contribution in [1.82, 2.24) is 5.32 Å². The molecular weight excluding hydrogens is 390 g/mol. The first-order valence-electron chi connectivity index (χ1n) is 9.35. The largest absolute Gasteiger partial charge is 0.493 e. The lowest BCUT2D eigenvalue weighted by Gasteiger charge is -2.16. The molecule has 3 aromatic carbocycles. The average Bonchev–Trinajstić information content (AvgIpc) is 3.21. The van der Waals surface area contributed by atoms with Gasteiger partial charge in [0.15, 0.2) is 23.0 Å². The van der Waals surface area contributed by atoms with Crippen LogP contribution in [0.15, 0.2) is 60.7 Å². The number of halogens is 1. The molecule has 1 N–H and O–H groups in total. The zero-order chi connectivity index (χ0) is 20.1. The number of hydrogen-bond acceptors (Lipinski definition) is 5. The van der Waals surface area contributed by atoms with Gasteiger partial charge in [0.2, 0.25) is 6.79 Å². The molecule has 150 valence electrons.